The Morgan fingerprint density at radius 1 is 0.955 bits per heavy atom. The predicted molar refractivity (Wildman–Crippen MR) is 73.7 cm³/mol. The SMILES string of the molecule is O=C(NCC(F)(F)F)c1ccc2c(c1)C(=O)c1ccccc1-2. The van der Waals surface area contributed by atoms with Crippen LogP contribution in [0.25, 0.3) is 11.1 Å². The minimum absolute atomic E-state index is 0.0316. The fourth-order valence-electron chi connectivity index (χ4n) is 2.45. The molecule has 0 fully saturated rings. The molecule has 0 saturated heterocycles. The van der Waals surface area contributed by atoms with Crippen molar-refractivity contribution >= 4 is 11.7 Å². The number of hydrogen-bond donors (Lipinski definition) is 1. The zero-order valence-corrected chi connectivity index (χ0v) is 11.2. The normalized spacial score (nSPS) is 12.8. The topological polar surface area (TPSA) is 46.2 Å². The minimum atomic E-state index is -4.47. The third-order valence-electron chi connectivity index (χ3n) is 3.44. The highest BCUT2D eigenvalue weighted by Gasteiger charge is 2.29. The van der Waals surface area contributed by atoms with Crippen LogP contribution in [-0.4, -0.2) is 24.4 Å². The van der Waals surface area contributed by atoms with Crippen LogP contribution in [0.4, 0.5) is 13.2 Å². The second kappa shape index (κ2) is 4.98. The number of ketones is 1. The van der Waals surface area contributed by atoms with Gasteiger partial charge in [-0.1, -0.05) is 30.3 Å². The number of carbonyl (C=O) groups is 2. The Hall–Kier alpha value is -2.63. The van der Waals surface area contributed by atoms with E-state index in [0.29, 0.717) is 16.7 Å². The van der Waals surface area contributed by atoms with Crippen LogP contribution < -0.4 is 5.32 Å². The predicted octanol–water partition coefficient (Wildman–Crippen LogP) is 3.19. The number of alkyl halides is 3. The summed E-state index contributed by atoms with van der Waals surface area (Å²) in [5.74, 6) is -1.08. The fraction of sp³-hybridized carbons (Fsp3) is 0.125. The second-order valence-electron chi connectivity index (χ2n) is 4.93. The first-order valence-corrected chi connectivity index (χ1v) is 6.50. The van der Waals surface area contributed by atoms with Crippen molar-refractivity contribution in [3.8, 4) is 11.1 Å². The lowest BCUT2D eigenvalue weighted by Gasteiger charge is -2.09. The number of benzene rings is 2. The van der Waals surface area contributed by atoms with Gasteiger partial charge in [0, 0.05) is 16.7 Å². The highest BCUT2D eigenvalue weighted by Crippen LogP contribution is 2.36. The Labute approximate surface area is 123 Å². The van der Waals surface area contributed by atoms with E-state index in [-0.39, 0.29) is 11.3 Å². The minimum Gasteiger partial charge on any atom is -0.343 e. The first kappa shape index (κ1) is 14.3. The number of halogens is 3. The second-order valence-corrected chi connectivity index (χ2v) is 4.93. The van der Waals surface area contributed by atoms with E-state index in [1.807, 2.05) is 0 Å². The first-order chi connectivity index (χ1) is 10.4. The summed E-state index contributed by atoms with van der Waals surface area (Å²) in [6, 6.07) is 11.3. The lowest BCUT2D eigenvalue weighted by molar-refractivity contribution is -0.123. The Bertz CT molecular complexity index is 781. The summed E-state index contributed by atoms with van der Waals surface area (Å²) in [5.41, 5.74) is 2.35. The number of carbonyl (C=O) groups excluding carboxylic acids is 2. The van der Waals surface area contributed by atoms with Gasteiger partial charge in [-0.15, -0.1) is 0 Å². The van der Waals surface area contributed by atoms with Crippen molar-refractivity contribution in [2.45, 2.75) is 6.18 Å². The van der Waals surface area contributed by atoms with Gasteiger partial charge in [0.1, 0.15) is 6.54 Å². The summed E-state index contributed by atoms with van der Waals surface area (Å²) < 4.78 is 36.4. The average molecular weight is 305 g/mol. The maximum absolute atomic E-state index is 12.3. The van der Waals surface area contributed by atoms with Gasteiger partial charge in [-0.25, -0.2) is 0 Å². The Kier molecular flexibility index (Phi) is 3.24. The molecule has 0 spiro atoms. The Balaban J connectivity index is 1.90. The van der Waals surface area contributed by atoms with Gasteiger partial charge < -0.3 is 5.32 Å². The van der Waals surface area contributed by atoms with Crippen LogP contribution in [0.5, 0.6) is 0 Å². The molecule has 1 N–H and O–H groups in total. The molecule has 2 aromatic rings. The molecule has 1 aliphatic carbocycles. The van der Waals surface area contributed by atoms with Gasteiger partial charge in [0.05, 0.1) is 0 Å². The smallest absolute Gasteiger partial charge is 0.343 e. The van der Waals surface area contributed by atoms with E-state index < -0.39 is 18.6 Å². The van der Waals surface area contributed by atoms with E-state index in [4.69, 9.17) is 0 Å². The third kappa shape index (κ3) is 2.47. The molecule has 2 aromatic carbocycles. The maximum atomic E-state index is 12.3. The van der Waals surface area contributed by atoms with E-state index in [1.54, 1.807) is 35.6 Å². The molecule has 112 valence electrons. The molecule has 6 heteroatoms. The summed E-state index contributed by atoms with van der Waals surface area (Å²) in [5, 5.41) is 1.79. The van der Waals surface area contributed by atoms with Gasteiger partial charge in [-0.2, -0.15) is 13.2 Å². The summed E-state index contributed by atoms with van der Waals surface area (Å²) in [6.07, 6.45) is -4.47. The van der Waals surface area contributed by atoms with Crippen molar-refractivity contribution in [1.29, 1.82) is 0 Å². The molecule has 0 atom stereocenters. The van der Waals surface area contributed by atoms with Crippen molar-refractivity contribution in [2.75, 3.05) is 6.54 Å². The van der Waals surface area contributed by atoms with Crippen molar-refractivity contribution in [1.82, 2.24) is 5.32 Å². The molecule has 0 heterocycles. The lowest BCUT2D eigenvalue weighted by Crippen LogP contribution is -2.33. The molecule has 1 aliphatic rings. The van der Waals surface area contributed by atoms with Gasteiger partial charge >= 0.3 is 6.18 Å². The lowest BCUT2D eigenvalue weighted by atomic mass is 10.0. The van der Waals surface area contributed by atoms with E-state index >= 15 is 0 Å². The highest BCUT2D eigenvalue weighted by atomic mass is 19.4. The van der Waals surface area contributed by atoms with E-state index in [2.05, 4.69) is 0 Å². The van der Waals surface area contributed by atoms with Crippen LogP contribution in [0.15, 0.2) is 42.5 Å². The first-order valence-electron chi connectivity index (χ1n) is 6.50. The molecule has 0 unspecified atom stereocenters. The molecule has 0 saturated carbocycles. The molecule has 3 rings (SSSR count). The number of hydrogen-bond acceptors (Lipinski definition) is 2. The largest absolute Gasteiger partial charge is 0.405 e. The zero-order valence-electron chi connectivity index (χ0n) is 11.2. The summed E-state index contributed by atoms with van der Waals surface area (Å²) >= 11 is 0. The van der Waals surface area contributed by atoms with Crippen LogP contribution in [0.1, 0.15) is 26.3 Å². The molecule has 3 nitrogen and oxygen atoms in total. The highest BCUT2D eigenvalue weighted by molar-refractivity contribution is 6.22. The molecule has 22 heavy (non-hydrogen) atoms. The molecule has 0 aromatic heterocycles. The van der Waals surface area contributed by atoms with E-state index in [0.717, 1.165) is 5.56 Å². The van der Waals surface area contributed by atoms with Gasteiger partial charge in [-0.3, -0.25) is 9.59 Å². The quantitative estimate of drug-likeness (QED) is 0.790. The van der Waals surface area contributed by atoms with Gasteiger partial charge in [-0.05, 0) is 23.3 Å². The summed E-state index contributed by atoms with van der Waals surface area (Å²) in [4.78, 5) is 24.0. The van der Waals surface area contributed by atoms with Crippen LogP contribution in [0.2, 0.25) is 0 Å². The van der Waals surface area contributed by atoms with Crippen LogP contribution >= 0.6 is 0 Å². The van der Waals surface area contributed by atoms with Gasteiger partial charge in [0.25, 0.3) is 5.91 Å². The summed E-state index contributed by atoms with van der Waals surface area (Å²) in [6.45, 7) is -1.41. The fourth-order valence-corrected chi connectivity index (χ4v) is 2.45. The van der Waals surface area contributed by atoms with Gasteiger partial charge in [0.15, 0.2) is 5.78 Å². The van der Waals surface area contributed by atoms with E-state index in [9.17, 15) is 22.8 Å². The summed E-state index contributed by atoms with van der Waals surface area (Å²) in [7, 11) is 0. The molecule has 0 radical (unpaired) electrons. The Morgan fingerprint density at radius 3 is 2.27 bits per heavy atom. The molecule has 1 amide bonds. The van der Waals surface area contributed by atoms with Gasteiger partial charge in [0.2, 0.25) is 0 Å². The van der Waals surface area contributed by atoms with Crippen LogP contribution in [0.3, 0.4) is 0 Å². The van der Waals surface area contributed by atoms with Crippen molar-refractivity contribution in [3.63, 3.8) is 0 Å². The maximum Gasteiger partial charge on any atom is 0.405 e. The zero-order chi connectivity index (χ0) is 15.9. The molecule has 0 aliphatic heterocycles. The molecular weight excluding hydrogens is 295 g/mol. The molecule has 0 bridgehead atoms. The number of rotatable bonds is 2. The average Bonchev–Trinajstić information content (AvgIpc) is 2.77. The standard InChI is InChI=1S/C16H10F3NO2/c17-16(18,19)8-20-15(22)9-5-6-11-10-3-1-2-4-12(10)14(21)13(11)7-9/h1-7H,8H2,(H,20,22). The number of nitrogens with one attached hydrogen (secondary N) is 1. The van der Waals surface area contributed by atoms with Crippen LogP contribution in [-0.2, 0) is 0 Å². The third-order valence-corrected chi connectivity index (χ3v) is 3.44. The number of fused-ring (bicyclic) bond motifs is 3. The van der Waals surface area contributed by atoms with Crippen molar-refractivity contribution < 1.29 is 22.8 Å². The van der Waals surface area contributed by atoms with E-state index in [1.165, 1.54) is 12.1 Å². The Morgan fingerprint density at radius 2 is 1.59 bits per heavy atom. The molecular formula is C16H10F3NO2. The number of amides is 1. The van der Waals surface area contributed by atoms with Crippen LogP contribution in [0, 0.1) is 0 Å². The van der Waals surface area contributed by atoms with Crippen molar-refractivity contribution in [2.24, 2.45) is 0 Å². The van der Waals surface area contributed by atoms with Crippen molar-refractivity contribution in [3.05, 3.63) is 59.2 Å². The monoisotopic (exact) mass is 305 g/mol.